The van der Waals surface area contributed by atoms with Crippen molar-refractivity contribution in [2.24, 2.45) is 5.92 Å². The maximum atomic E-state index is 11.8. The fraction of sp³-hybridized carbons (Fsp3) is 0.444. The number of carbonyl (C=O) groups excluding carboxylic acids is 1. The lowest BCUT2D eigenvalue weighted by molar-refractivity contribution is -0.120. The molecule has 1 aliphatic rings. The van der Waals surface area contributed by atoms with Crippen molar-refractivity contribution in [3.63, 3.8) is 0 Å². The zero-order valence-corrected chi connectivity index (χ0v) is 13.4. The van der Waals surface area contributed by atoms with Crippen LogP contribution in [0.2, 0.25) is 0 Å². The molecule has 23 heavy (non-hydrogen) atoms. The Balaban J connectivity index is 1.41. The van der Waals surface area contributed by atoms with E-state index in [9.17, 15) is 4.79 Å². The molecule has 122 valence electrons. The van der Waals surface area contributed by atoms with E-state index in [0.29, 0.717) is 13.1 Å². The molecule has 0 spiro atoms. The second-order valence-electron chi connectivity index (χ2n) is 6.12. The fourth-order valence-electron chi connectivity index (χ4n) is 2.56. The Morgan fingerprint density at radius 3 is 2.87 bits per heavy atom. The molecule has 1 saturated carbocycles. The van der Waals surface area contributed by atoms with E-state index in [1.807, 2.05) is 12.3 Å². The zero-order chi connectivity index (χ0) is 15.9. The lowest BCUT2D eigenvalue weighted by atomic mass is 10.1. The second kappa shape index (κ2) is 7.92. The molecule has 0 radical (unpaired) electrons. The number of benzene rings is 1. The second-order valence-corrected chi connectivity index (χ2v) is 6.12. The van der Waals surface area contributed by atoms with Crippen LogP contribution in [0.1, 0.15) is 24.2 Å². The lowest BCUT2D eigenvalue weighted by Gasteiger charge is -2.09. The Morgan fingerprint density at radius 1 is 1.26 bits per heavy atom. The van der Waals surface area contributed by atoms with Gasteiger partial charge in [-0.3, -0.25) is 4.79 Å². The van der Waals surface area contributed by atoms with E-state index < -0.39 is 0 Å². The van der Waals surface area contributed by atoms with E-state index in [1.165, 1.54) is 18.4 Å². The summed E-state index contributed by atoms with van der Waals surface area (Å²) in [6.45, 7) is 2.70. The van der Waals surface area contributed by atoms with Gasteiger partial charge in [0.15, 0.2) is 0 Å². The molecular formula is C18H24N4O. The van der Waals surface area contributed by atoms with Gasteiger partial charge in [0.05, 0.1) is 13.1 Å². The first-order valence-electron chi connectivity index (χ1n) is 8.32. The van der Waals surface area contributed by atoms with E-state index in [0.717, 1.165) is 31.3 Å². The number of hydrogen-bond donors (Lipinski definition) is 2. The first-order valence-corrected chi connectivity index (χ1v) is 8.32. The van der Waals surface area contributed by atoms with Crippen LogP contribution >= 0.6 is 0 Å². The third-order valence-corrected chi connectivity index (χ3v) is 4.15. The molecule has 1 amide bonds. The number of nitrogens with zero attached hydrogens (tertiary/aromatic N) is 2. The Labute approximate surface area is 137 Å². The van der Waals surface area contributed by atoms with Crippen molar-refractivity contribution < 1.29 is 4.79 Å². The summed E-state index contributed by atoms with van der Waals surface area (Å²) in [7, 11) is 0. The molecule has 0 atom stereocenters. The summed E-state index contributed by atoms with van der Waals surface area (Å²) < 4.78 is 2.10. The number of nitrogens with one attached hydrogen (secondary N) is 2. The van der Waals surface area contributed by atoms with Crippen LogP contribution in [-0.4, -0.2) is 28.5 Å². The monoisotopic (exact) mass is 312 g/mol. The summed E-state index contributed by atoms with van der Waals surface area (Å²) in [5.74, 6) is 1.72. The summed E-state index contributed by atoms with van der Waals surface area (Å²) in [4.78, 5) is 16.2. The summed E-state index contributed by atoms with van der Waals surface area (Å²) in [5.41, 5.74) is 1.31. The molecule has 0 aliphatic heterocycles. The van der Waals surface area contributed by atoms with Gasteiger partial charge in [0.1, 0.15) is 5.82 Å². The summed E-state index contributed by atoms with van der Waals surface area (Å²) in [5, 5.41) is 6.13. The largest absolute Gasteiger partial charge is 0.348 e. The van der Waals surface area contributed by atoms with Crippen LogP contribution < -0.4 is 10.6 Å². The van der Waals surface area contributed by atoms with E-state index in [4.69, 9.17) is 0 Å². The smallest absolute Gasteiger partial charge is 0.234 e. The van der Waals surface area contributed by atoms with Crippen LogP contribution in [0, 0.1) is 5.92 Å². The Bertz CT molecular complexity index is 619. The third kappa shape index (κ3) is 5.21. The van der Waals surface area contributed by atoms with Crippen molar-refractivity contribution >= 4 is 5.91 Å². The van der Waals surface area contributed by atoms with E-state index >= 15 is 0 Å². The lowest BCUT2D eigenvalue weighted by Crippen LogP contribution is -2.35. The number of amides is 1. The van der Waals surface area contributed by atoms with Crippen molar-refractivity contribution in [2.75, 3.05) is 13.1 Å². The van der Waals surface area contributed by atoms with Crippen LogP contribution in [0.25, 0.3) is 0 Å². The van der Waals surface area contributed by atoms with Crippen molar-refractivity contribution in [1.82, 2.24) is 20.2 Å². The first-order chi connectivity index (χ1) is 11.3. The molecular weight excluding hydrogens is 288 g/mol. The standard InChI is InChI=1S/C18H24N4O/c23-18(14-19-12-16-6-7-16)21-13-17-20-9-11-22(17)10-8-15-4-2-1-3-5-15/h1-5,9,11,16,19H,6-8,10,12-14H2,(H,21,23). The Hall–Kier alpha value is -2.14. The van der Waals surface area contributed by atoms with Crippen molar-refractivity contribution in [2.45, 2.75) is 32.4 Å². The molecule has 3 rings (SSSR count). The molecule has 2 N–H and O–H groups in total. The highest BCUT2D eigenvalue weighted by atomic mass is 16.1. The maximum Gasteiger partial charge on any atom is 0.234 e. The summed E-state index contributed by atoms with van der Waals surface area (Å²) in [6, 6.07) is 10.4. The highest BCUT2D eigenvalue weighted by Crippen LogP contribution is 2.27. The van der Waals surface area contributed by atoms with Crippen molar-refractivity contribution in [1.29, 1.82) is 0 Å². The minimum absolute atomic E-state index is 0.0308. The summed E-state index contributed by atoms with van der Waals surface area (Å²) in [6.07, 6.45) is 7.32. The average Bonchev–Trinajstić information content (AvgIpc) is 3.29. The highest BCUT2D eigenvalue weighted by molar-refractivity contribution is 5.77. The molecule has 0 saturated heterocycles. The third-order valence-electron chi connectivity index (χ3n) is 4.15. The van der Waals surface area contributed by atoms with Crippen LogP contribution in [0.4, 0.5) is 0 Å². The van der Waals surface area contributed by atoms with E-state index in [-0.39, 0.29) is 5.91 Å². The summed E-state index contributed by atoms with van der Waals surface area (Å²) >= 11 is 0. The average molecular weight is 312 g/mol. The van der Waals surface area contributed by atoms with Gasteiger partial charge < -0.3 is 15.2 Å². The molecule has 1 heterocycles. The van der Waals surface area contributed by atoms with Gasteiger partial charge in [0.25, 0.3) is 0 Å². The first kappa shape index (κ1) is 15.7. The number of hydrogen-bond acceptors (Lipinski definition) is 3. The molecule has 0 bridgehead atoms. The van der Waals surface area contributed by atoms with Crippen molar-refractivity contribution in [3.05, 3.63) is 54.1 Å². The highest BCUT2D eigenvalue weighted by Gasteiger charge is 2.20. The molecule has 0 unspecified atom stereocenters. The van der Waals surface area contributed by atoms with Gasteiger partial charge in [0.2, 0.25) is 5.91 Å². The predicted octanol–water partition coefficient (Wildman–Crippen LogP) is 1.74. The number of aromatic nitrogens is 2. The van der Waals surface area contributed by atoms with E-state index in [1.54, 1.807) is 6.20 Å². The van der Waals surface area contributed by atoms with Crippen LogP contribution in [0.5, 0.6) is 0 Å². The van der Waals surface area contributed by atoms with Gasteiger partial charge in [-0.1, -0.05) is 30.3 Å². The molecule has 5 heteroatoms. The van der Waals surface area contributed by atoms with Gasteiger partial charge in [-0.05, 0) is 37.3 Å². The minimum atomic E-state index is 0.0308. The van der Waals surface area contributed by atoms with Crippen LogP contribution in [0.15, 0.2) is 42.7 Å². The van der Waals surface area contributed by atoms with E-state index in [2.05, 4.69) is 44.5 Å². The predicted molar refractivity (Wildman–Crippen MR) is 89.8 cm³/mol. The quantitative estimate of drug-likeness (QED) is 0.741. The van der Waals surface area contributed by atoms with Gasteiger partial charge in [0, 0.05) is 18.9 Å². The van der Waals surface area contributed by atoms with Crippen LogP contribution in [-0.2, 0) is 24.3 Å². The van der Waals surface area contributed by atoms with Gasteiger partial charge in [-0.15, -0.1) is 0 Å². The maximum absolute atomic E-state index is 11.8. The molecule has 2 aromatic rings. The van der Waals surface area contributed by atoms with Gasteiger partial charge >= 0.3 is 0 Å². The molecule has 5 nitrogen and oxygen atoms in total. The SMILES string of the molecule is O=C(CNCC1CC1)NCc1nccn1CCc1ccccc1. The topological polar surface area (TPSA) is 59.0 Å². The van der Waals surface area contributed by atoms with Crippen LogP contribution in [0.3, 0.4) is 0 Å². The number of carbonyl (C=O) groups is 1. The number of imidazole rings is 1. The number of aryl methyl sites for hydroxylation is 2. The molecule has 1 aliphatic carbocycles. The molecule has 1 fully saturated rings. The van der Waals surface area contributed by atoms with Gasteiger partial charge in [-0.25, -0.2) is 4.98 Å². The molecule has 1 aromatic carbocycles. The fourth-order valence-corrected chi connectivity index (χ4v) is 2.56. The Kier molecular flexibility index (Phi) is 5.42. The van der Waals surface area contributed by atoms with Gasteiger partial charge in [-0.2, -0.15) is 0 Å². The van der Waals surface area contributed by atoms with Crippen molar-refractivity contribution in [3.8, 4) is 0 Å². The number of rotatable bonds is 9. The minimum Gasteiger partial charge on any atom is -0.348 e. The Morgan fingerprint density at radius 2 is 2.09 bits per heavy atom. The zero-order valence-electron chi connectivity index (χ0n) is 13.4. The molecule has 1 aromatic heterocycles. The normalized spacial score (nSPS) is 13.9.